The molecule has 0 saturated carbocycles. The molecule has 0 fully saturated rings. The highest BCUT2D eigenvalue weighted by atomic mass is 16.2. The largest absolute Gasteiger partial charge is 0.273 e. The SMILES string of the molecule is O=C(Cc1ccccc1)NNC(=O)c1ccccc1. The molecule has 0 aliphatic heterocycles. The summed E-state index contributed by atoms with van der Waals surface area (Å²) in [5.41, 5.74) is 6.17. The van der Waals surface area contributed by atoms with Gasteiger partial charge in [-0.1, -0.05) is 48.5 Å². The van der Waals surface area contributed by atoms with Crippen LogP contribution in [0.1, 0.15) is 15.9 Å². The smallest absolute Gasteiger partial charge is 0.269 e. The van der Waals surface area contributed by atoms with Crippen molar-refractivity contribution in [1.29, 1.82) is 0 Å². The third-order valence-electron chi connectivity index (χ3n) is 2.56. The molecule has 2 N–H and O–H groups in total. The molecule has 4 heteroatoms. The molecule has 4 nitrogen and oxygen atoms in total. The van der Waals surface area contributed by atoms with Crippen LogP contribution in [0, 0.1) is 0 Å². The maximum absolute atomic E-state index is 11.7. The van der Waals surface area contributed by atoms with Crippen LogP contribution in [0.4, 0.5) is 0 Å². The Balaban J connectivity index is 1.83. The molecule has 0 spiro atoms. The third kappa shape index (κ3) is 3.96. The summed E-state index contributed by atoms with van der Waals surface area (Å²) in [7, 11) is 0. The predicted octanol–water partition coefficient (Wildman–Crippen LogP) is 1.69. The van der Waals surface area contributed by atoms with E-state index < -0.39 is 0 Å². The number of amides is 2. The molecular formula is C15H14N2O2. The molecule has 2 aromatic carbocycles. The number of carbonyl (C=O) groups is 2. The second kappa shape index (κ2) is 6.35. The van der Waals surface area contributed by atoms with Crippen molar-refractivity contribution >= 4 is 11.8 Å². The average Bonchev–Trinajstić information content (AvgIpc) is 2.47. The van der Waals surface area contributed by atoms with Gasteiger partial charge in [-0.3, -0.25) is 20.4 Å². The molecular weight excluding hydrogens is 240 g/mol. The molecule has 2 aromatic rings. The minimum Gasteiger partial charge on any atom is -0.273 e. The zero-order valence-corrected chi connectivity index (χ0v) is 10.3. The second-order valence-electron chi connectivity index (χ2n) is 4.03. The number of hydrazine groups is 1. The summed E-state index contributed by atoms with van der Waals surface area (Å²) in [6.07, 6.45) is 0.232. The van der Waals surface area contributed by atoms with Gasteiger partial charge in [0, 0.05) is 5.56 Å². The van der Waals surface area contributed by atoms with Crippen molar-refractivity contribution in [2.24, 2.45) is 0 Å². The summed E-state index contributed by atoms with van der Waals surface area (Å²) in [6.45, 7) is 0. The highest BCUT2D eigenvalue weighted by Gasteiger charge is 2.06. The first kappa shape index (κ1) is 12.8. The molecule has 2 amide bonds. The number of nitrogens with one attached hydrogen (secondary N) is 2. The maximum atomic E-state index is 11.7. The topological polar surface area (TPSA) is 58.2 Å². The van der Waals surface area contributed by atoms with Crippen LogP contribution in [0.15, 0.2) is 60.7 Å². The summed E-state index contributed by atoms with van der Waals surface area (Å²) in [5, 5.41) is 0. The average molecular weight is 254 g/mol. The van der Waals surface area contributed by atoms with Gasteiger partial charge in [-0.05, 0) is 17.7 Å². The molecule has 0 heterocycles. The summed E-state index contributed by atoms with van der Waals surface area (Å²) in [4.78, 5) is 23.3. The van der Waals surface area contributed by atoms with Crippen LogP contribution in [0.3, 0.4) is 0 Å². The quantitative estimate of drug-likeness (QED) is 0.819. The van der Waals surface area contributed by atoms with Crippen molar-refractivity contribution in [2.75, 3.05) is 0 Å². The van der Waals surface area contributed by atoms with Crippen LogP contribution in [0.2, 0.25) is 0 Å². The normalized spacial score (nSPS) is 9.68. The van der Waals surface area contributed by atoms with Gasteiger partial charge in [-0.25, -0.2) is 0 Å². The third-order valence-corrected chi connectivity index (χ3v) is 2.56. The summed E-state index contributed by atoms with van der Waals surface area (Å²) in [5.74, 6) is -0.586. The van der Waals surface area contributed by atoms with Crippen molar-refractivity contribution < 1.29 is 9.59 Å². The molecule has 0 aliphatic rings. The number of benzene rings is 2. The van der Waals surface area contributed by atoms with Gasteiger partial charge in [0.25, 0.3) is 5.91 Å². The van der Waals surface area contributed by atoms with Crippen LogP contribution in [0.25, 0.3) is 0 Å². The zero-order valence-electron chi connectivity index (χ0n) is 10.3. The molecule has 0 bridgehead atoms. The molecule has 2 rings (SSSR count). The van der Waals surface area contributed by atoms with Crippen molar-refractivity contribution in [2.45, 2.75) is 6.42 Å². The Morgan fingerprint density at radius 1 is 0.789 bits per heavy atom. The van der Waals surface area contributed by atoms with E-state index >= 15 is 0 Å². The molecule has 19 heavy (non-hydrogen) atoms. The van der Waals surface area contributed by atoms with Gasteiger partial charge in [0.05, 0.1) is 6.42 Å². The van der Waals surface area contributed by atoms with Gasteiger partial charge in [0.15, 0.2) is 0 Å². The van der Waals surface area contributed by atoms with Gasteiger partial charge in [-0.15, -0.1) is 0 Å². The van der Waals surface area contributed by atoms with Crippen molar-refractivity contribution in [3.8, 4) is 0 Å². The van der Waals surface area contributed by atoms with E-state index in [-0.39, 0.29) is 18.2 Å². The lowest BCUT2D eigenvalue weighted by molar-refractivity contribution is -0.121. The fourth-order valence-electron chi connectivity index (χ4n) is 1.61. The van der Waals surface area contributed by atoms with Gasteiger partial charge < -0.3 is 0 Å². The summed E-state index contributed by atoms with van der Waals surface area (Å²) < 4.78 is 0. The van der Waals surface area contributed by atoms with Crippen LogP contribution < -0.4 is 10.9 Å². The van der Waals surface area contributed by atoms with E-state index in [1.807, 2.05) is 36.4 Å². The van der Waals surface area contributed by atoms with E-state index in [4.69, 9.17) is 0 Å². The van der Waals surface area contributed by atoms with Crippen molar-refractivity contribution in [3.05, 3.63) is 71.8 Å². The van der Waals surface area contributed by atoms with Gasteiger partial charge in [0.1, 0.15) is 0 Å². The highest BCUT2D eigenvalue weighted by Crippen LogP contribution is 1.99. The van der Waals surface area contributed by atoms with E-state index in [0.717, 1.165) is 5.56 Å². The van der Waals surface area contributed by atoms with Crippen LogP contribution in [-0.2, 0) is 11.2 Å². The Kier molecular flexibility index (Phi) is 4.29. The minimum absolute atomic E-state index is 0.232. The molecule has 0 saturated heterocycles. The van der Waals surface area contributed by atoms with E-state index in [0.29, 0.717) is 5.56 Å². The van der Waals surface area contributed by atoms with Gasteiger partial charge in [-0.2, -0.15) is 0 Å². The lowest BCUT2D eigenvalue weighted by atomic mass is 10.1. The van der Waals surface area contributed by atoms with E-state index in [1.165, 1.54) is 0 Å². The van der Waals surface area contributed by atoms with Crippen LogP contribution in [0.5, 0.6) is 0 Å². The maximum Gasteiger partial charge on any atom is 0.269 e. The molecule has 0 atom stereocenters. The fraction of sp³-hybridized carbons (Fsp3) is 0.0667. The monoisotopic (exact) mass is 254 g/mol. The van der Waals surface area contributed by atoms with Crippen molar-refractivity contribution in [3.63, 3.8) is 0 Å². The Morgan fingerprint density at radius 2 is 1.37 bits per heavy atom. The standard InChI is InChI=1S/C15H14N2O2/c18-14(11-12-7-3-1-4-8-12)16-17-15(19)13-9-5-2-6-10-13/h1-10H,11H2,(H,16,18)(H,17,19). The lowest BCUT2D eigenvalue weighted by Gasteiger charge is -2.07. The Morgan fingerprint density at radius 3 is 2.00 bits per heavy atom. The molecule has 96 valence electrons. The number of carbonyl (C=O) groups excluding carboxylic acids is 2. The minimum atomic E-state index is -0.331. The highest BCUT2D eigenvalue weighted by molar-refractivity contribution is 5.95. The fourth-order valence-corrected chi connectivity index (χ4v) is 1.61. The van der Waals surface area contributed by atoms with E-state index in [9.17, 15) is 9.59 Å². The molecule has 0 aliphatic carbocycles. The molecule has 0 radical (unpaired) electrons. The van der Waals surface area contributed by atoms with Crippen LogP contribution >= 0.6 is 0 Å². The number of hydrogen-bond acceptors (Lipinski definition) is 2. The van der Waals surface area contributed by atoms with Crippen molar-refractivity contribution in [1.82, 2.24) is 10.9 Å². The lowest BCUT2D eigenvalue weighted by Crippen LogP contribution is -2.42. The predicted molar refractivity (Wildman–Crippen MR) is 72.2 cm³/mol. The van der Waals surface area contributed by atoms with E-state index in [2.05, 4.69) is 10.9 Å². The Labute approximate surface area is 111 Å². The first-order valence-electron chi connectivity index (χ1n) is 5.94. The number of hydrogen-bond donors (Lipinski definition) is 2. The Bertz CT molecular complexity index is 553. The molecule has 0 aromatic heterocycles. The van der Waals surface area contributed by atoms with Crippen LogP contribution in [-0.4, -0.2) is 11.8 Å². The summed E-state index contributed by atoms with van der Waals surface area (Å²) >= 11 is 0. The molecule has 0 unspecified atom stereocenters. The van der Waals surface area contributed by atoms with Gasteiger partial charge >= 0.3 is 0 Å². The Hall–Kier alpha value is -2.62. The second-order valence-corrected chi connectivity index (χ2v) is 4.03. The summed E-state index contributed by atoms with van der Waals surface area (Å²) in [6, 6.07) is 18.1. The van der Waals surface area contributed by atoms with Gasteiger partial charge in [0.2, 0.25) is 5.91 Å². The first-order valence-corrected chi connectivity index (χ1v) is 5.94. The van der Waals surface area contributed by atoms with E-state index in [1.54, 1.807) is 24.3 Å². The number of rotatable bonds is 3. The first-order chi connectivity index (χ1) is 9.25. The zero-order chi connectivity index (χ0) is 13.5.